The quantitative estimate of drug-likeness (QED) is 0.659. The van der Waals surface area contributed by atoms with E-state index < -0.39 is 0 Å². The Morgan fingerprint density at radius 3 is 3.20 bits per heavy atom. The average molecular weight is 207 g/mol. The lowest BCUT2D eigenvalue weighted by Gasteiger charge is -2.22. The van der Waals surface area contributed by atoms with Crippen LogP contribution in [0.2, 0.25) is 0 Å². The molecule has 0 amide bonds. The zero-order chi connectivity index (χ0) is 10.7. The molecule has 0 radical (unpaired) electrons. The van der Waals surface area contributed by atoms with Crippen molar-refractivity contribution in [3.63, 3.8) is 0 Å². The Kier molecular flexibility index (Phi) is 2.94. The van der Waals surface area contributed by atoms with E-state index in [1.54, 1.807) is 12.3 Å². The van der Waals surface area contributed by atoms with Crippen LogP contribution in [-0.2, 0) is 4.74 Å². The van der Waals surface area contributed by atoms with Crippen molar-refractivity contribution >= 4 is 11.5 Å². The highest BCUT2D eigenvalue weighted by Gasteiger charge is 2.23. The lowest BCUT2D eigenvalue weighted by molar-refractivity contribution is 0.0608. The third kappa shape index (κ3) is 2.14. The number of morpholine rings is 1. The molecule has 5 nitrogen and oxygen atoms in total. The van der Waals surface area contributed by atoms with Crippen molar-refractivity contribution in [3.05, 3.63) is 24.0 Å². The third-order valence-electron chi connectivity index (χ3n) is 2.36. The van der Waals surface area contributed by atoms with Gasteiger partial charge in [-0.3, -0.25) is 9.78 Å². The SMILES string of the molecule is Nc1ccncc1C(=O)C1COCCN1. The normalized spacial score (nSPS) is 21.2. The van der Waals surface area contributed by atoms with E-state index in [0.717, 1.165) is 0 Å². The molecular formula is C10H13N3O2. The lowest BCUT2D eigenvalue weighted by Crippen LogP contribution is -2.46. The molecule has 1 unspecified atom stereocenters. The molecule has 1 saturated heterocycles. The van der Waals surface area contributed by atoms with Crippen LogP contribution in [0.5, 0.6) is 0 Å². The zero-order valence-corrected chi connectivity index (χ0v) is 8.27. The van der Waals surface area contributed by atoms with Crippen LogP contribution in [0.25, 0.3) is 0 Å². The van der Waals surface area contributed by atoms with Gasteiger partial charge in [-0.05, 0) is 6.07 Å². The maximum Gasteiger partial charge on any atom is 0.185 e. The average Bonchev–Trinajstić information content (AvgIpc) is 2.30. The standard InChI is InChI=1S/C10H13N3O2/c11-8-1-2-12-5-7(8)10(14)9-6-15-4-3-13-9/h1-2,5,9,13H,3-4,6H2,(H2,11,12). The molecule has 0 bridgehead atoms. The molecule has 80 valence electrons. The second kappa shape index (κ2) is 4.37. The minimum absolute atomic E-state index is 0.0553. The van der Waals surface area contributed by atoms with E-state index >= 15 is 0 Å². The number of nitrogens with one attached hydrogen (secondary N) is 1. The molecule has 1 aromatic rings. The molecule has 0 aliphatic carbocycles. The van der Waals surface area contributed by atoms with Gasteiger partial charge in [0, 0.05) is 24.6 Å². The van der Waals surface area contributed by atoms with Crippen LogP contribution >= 0.6 is 0 Å². The number of anilines is 1. The van der Waals surface area contributed by atoms with Gasteiger partial charge in [0.25, 0.3) is 0 Å². The highest BCUT2D eigenvalue weighted by atomic mass is 16.5. The number of nitrogens with two attached hydrogens (primary N) is 1. The van der Waals surface area contributed by atoms with Gasteiger partial charge in [-0.1, -0.05) is 0 Å². The van der Waals surface area contributed by atoms with Crippen molar-refractivity contribution in [2.24, 2.45) is 0 Å². The van der Waals surface area contributed by atoms with Crippen molar-refractivity contribution in [2.45, 2.75) is 6.04 Å². The molecule has 1 aliphatic heterocycles. The first-order valence-corrected chi connectivity index (χ1v) is 4.84. The highest BCUT2D eigenvalue weighted by Crippen LogP contribution is 2.12. The predicted molar refractivity (Wildman–Crippen MR) is 55.6 cm³/mol. The van der Waals surface area contributed by atoms with Gasteiger partial charge in [0.15, 0.2) is 5.78 Å². The van der Waals surface area contributed by atoms with E-state index in [2.05, 4.69) is 10.3 Å². The number of nitrogen functional groups attached to an aromatic ring is 1. The molecule has 5 heteroatoms. The molecule has 0 spiro atoms. The summed E-state index contributed by atoms with van der Waals surface area (Å²) in [7, 11) is 0. The Hall–Kier alpha value is -1.46. The summed E-state index contributed by atoms with van der Waals surface area (Å²) >= 11 is 0. The van der Waals surface area contributed by atoms with Gasteiger partial charge >= 0.3 is 0 Å². The van der Waals surface area contributed by atoms with Crippen LogP contribution in [-0.4, -0.2) is 36.6 Å². The van der Waals surface area contributed by atoms with Crippen molar-refractivity contribution < 1.29 is 9.53 Å². The topological polar surface area (TPSA) is 77.2 Å². The Morgan fingerprint density at radius 2 is 2.53 bits per heavy atom. The van der Waals surface area contributed by atoms with E-state index in [-0.39, 0.29) is 11.8 Å². The van der Waals surface area contributed by atoms with Gasteiger partial charge in [0.05, 0.1) is 24.8 Å². The van der Waals surface area contributed by atoms with Crippen LogP contribution in [0.15, 0.2) is 18.5 Å². The number of aromatic nitrogens is 1. The van der Waals surface area contributed by atoms with E-state index in [0.29, 0.717) is 31.0 Å². The number of hydrogen-bond acceptors (Lipinski definition) is 5. The molecule has 15 heavy (non-hydrogen) atoms. The molecule has 1 fully saturated rings. The molecule has 1 aromatic heterocycles. The molecule has 2 heterocycles. The summed E-state index contributed by atoms with van der Waals surface area (Å²) in [4.78, 5) is 15.9. The third-order valence-corrected chi connectivity index (χ3v) is 2.36. The highest BCUT2D eigenvalue weighted by molar-refractivity contribution is 6.04. The summed E-state index contributed by atoms with van der Waals surface area (Å²) in [6.45, 7) is 1.73. The van der Waals surface area contributed by atoms with Crippen LogP contribution in [0.1, 0.15) is 10.4 Å². The van der Waals surface area contributed by atoms with Crippen molar-refractivity contribution in [1.29, 1.82) is 0 Å². The predicted octanol–water partition coefficient (Wildman–Crippen LogP) is -0.165. The summed E-state index contributed by atoms with van der Waals surface area (Å²) in [5, 5.41) is 3.09. The summed E-state index contributed by atoms with van der Waals surface area (Å²) in [5.41, 5.74) is 6.62. The van der Waals surface area contributed by atoms with Crippen LogP contribution in [0.4, 0.5) is 5.69 Å². The monoisotopic (exact) mass is 207 g/mol. The Balaban J connectivity index is 2.16. The van der Waals surface area contributed by atoms with Gasteiger partial charge < -0.3 is 15.8 Å². The fourth-order valence-corrected chi connectivity index (χ4v) is 1.53. The first-order chi connectivity index (χ1) is 7.29. The van der Waals surface area contributed by atoms with Crippen molar-refractivity contribution in [2.75, 3.05) is 25.5 Å². The maximum absolute atomic E-state index is 12.0. The first-order valence-electron chi connectivity index (χ1n) is 4.84. The van der Waals surface area contributed by atoms with E-state index in [9.17, 15) is 4.79 Å². The minimum Gasteiger partial charge on any atom is -0.398 e. The van der Waals surface area contributed by atoms with Gasteiger partial charge in [0.2, 0.25) is 0 Å². The number of hydrogen-bond donors (Lipinski definition) is 2. The largest absolute Gasteiger partial charge is 0.398 e. The van der Waals surface area contributed by atoms with Crippen molar-refractivity contribution in [3.8, 4) is 0 Å². The summed E-state index contributed by atoms with van der Waals surface area (Å²) in [6.07, 6.45) is 3.06. The first kappa shape index (κ1) is 10.1. The number of rotatable bonds is 2. The van der Waals surface area contributed by atoms with Crippen LogP contribution in [0.3, 0.4) is 0 Å². The fraction of sp³-hybridized carbons (Fsp3) is 0.400. The number of nitrogens with zero attached hydrogens (tertiary/aromatic N) is 1. The van der Waals surface area contributed by atoms with Gasteiger partial charge in [-0.2, -0.15) is 0 Å². The molecule has 0 saturated carbocycles. The zero-order valence-electron chi connectivity index (χ0n) is 8.27. The van der Waals surface area contributed by atoms with Gasteiger partial charge in [-0.25, -0.2) is 0 Å². The smallest absolute Gasteiger partial charge is 0.185 e. The minimum atomic E-state index is -0.301. The molecule has 3 N–H and O–H groups in total. The van der Waals surface area contributed by atoms with E-state index in [1.165, 1.54) is 6.20 Å². The number of Topliss-reactive ketones (excluding diaryl/α,β-unsaturated/α-hetero) is 1. The summed E-state index contributed by atoms with van der Waals surface area (Å²) in [6, 6.07) is 1.32. The molecule has 1 atom stereocenters. The Morgan fingerprint density at radius 1 is 1.67 bits per heavy atom. The number of carbonyl (C=O) groups is 1. The second-order valence-electron chi connectivity index (χ2n) is 3.41. The van der Waals surface area contributed by atoms with E-state index in [4.69, 9.17) is 10.5 Å². The Labute approximate surface area is 87.6 Å². The number of ether oxygens (including phenoxy) is 1. The molecule has 1 aliphatic rings. The fourth-order valence-electron chi connectivity index (χ4n) is 1.53. The summed E-state index contributed by atoms with van der Waals surface area (Å²) < 4.78 is 5.22. The van der Waals surface area contributed by atoms with Crippen molar-refractivity contribution in [1.82, 2.24) is 10.3 Å². The number of pyridine rings is 1. The Bertz CT molecular complexity index is 361. The van der Waals surface area contributed by atoms with E-state index in [1.807, 2.05) is 0 Å². The summed E-state index contributed by atoms with van der Waals surface area (Å²) in [5.74, 6) is -0.0553. The second-order valence-corrected chi connectivity index (χ2v) is 3.41. The van der Waals surface area contributed by atoms with Crippen LogP contribution < -0.4 is 11.1 Å². The van der Waals surface area contributed by atoms with Gasteiger partial charge in [-0.15, -0.1) is 0 Å². The molecular weight excluding hydrogens is 194 g/mol. The lowest BCUT2D eigenvalue weighted by atomic mass is 10.0. The maximum atomic E-state index is 12.0. The van der Waals surface area contributed by atoms with Gasteiger partial charge in [0.1, 0.15) is 0 Å². The molecule has 2 rings (SSSR count). The van der Waals surface area contributed by atoms with Crippen LogP contribution in [0, 0.1) is 0 Å². The number of carbonyl (C=O) groups excluding carboxylic acids is 1. The number of ketones is 1. The molecule has 0 aromatic carbocycles.